The molecule has 2 heteroatoms. The van der Waals surface area contributed by atoms with Crippen LogP contribution in [0.3, 0.4) is 0 Å². The Labute approximate surface area is 162 Å². The van der Waals surface area contributed by atoms with Crippen LogP contribution in [0.1, 0.15) is 66.2 Å². The van der Waals surface area contributed by atoms with Gasteiger partial charge in [-0.05, 0) is 53.6 Å². The number of hydrogen-bond acceptors (Lipinski definition) is 1. The van der Waals surface area contributed by atoms with E-state index in [9.17, 15) is 0 Å². The van der Waals surface area contributed by atoms with E-state index in [1.165, 1.54) is 32.1 Å². The van der Waals surface area contributed by atoms with E-state index in [1.54, 1.807) is 21.5 Å². The standard InChI is InChI=1S/C24H37NSi/c1-18(2)22-16-17-23(19(3)4)24(22)26(5,21-14-10-7-11-15-21)25-20-12-8-6-9-13-20/h7,10-11,14-16,18-20,25H,6,8-9,12-13,17H2,1-5H3. The van der Waals surface area contributed by atoms with Crippen molar-refractivity contribution in [2.75, 3.05) is 0 Å². The minimum Gasteiger partial charge on any atom is -0.328 e. The van der Waals surface area contributed by atoms with Gasteiger partial charge >= 0.3 is 0 Å². The normalized spacial score (nSPS) is 21.4. The van der Waals surface area contributed by atoms with Crippen molar-refractivity contribution in [3.8, 4) is 0 Å². The molecule has 0 heterocycles. The molecule has 0 saturated heterocycles. The Bertz CT molecular complexity index is 665. The highest BCUT2D eigenvalue weighted by Gasteiger charge is 2.42. The topological polar surface area (TPSA) is 12.0 Å². The second-order valence-corrected chi connectivity index (χ2v) is 12.7. The molecule has 0 amide bonds. The van der Waals surface area contributed by atoms with Crippen molar-refractivity contribution >= 4 is 13.4 Å². The summed E-state index contributed by atoms with van der Waals surface area (Å²) >= 11 is 0. The van der Waals surface area contributed by atoms with Crippen LogP contribution in [0.5, 0.6) is 0 Å². The van der Waals surface area contributed by atoms with Gasteiger partial charge in [0, 0.05) is 6.04 Å². The zero-order chi connectivity index (χ0) is 18.7. The third-order valence-electron chi connectivity index (χ3n) is 6.42. The molecule has 2 aliphatic carbocycles. The summed E-state index contributed by atoms with van der Waals surface area (Å²) in [4.78, 5) is 4.30. The fourth-order valence-corrected chi connectivity index (χ4v) is 9.56. The van der Waals surface area contributed by atoms with Gasteiger partial charge in [0.15, 0.2) is 8.24 Å². The van der Waals surface area contributed by atoms with Gasteiger partial charge in [-0.25, -0.2) is 0 Å². The van der Waals surface area contributed by atoms with E-state index in [0.29, 0.717) is 17.9 Å². The number of hydrogen-bond donors (Lipinski definition) is 1. The Kier molecular flexibility index (Phi) is 6.24. The van der Waals surface area contributed by atoms with Gasteiger partial charge < -0.3 is 4.98 Å². The lowest BCUT2D eigenvalue weighted by Gasteiger charge is -2.39. The molecule has 26 heavy (non-hydrogen) atoms. The number of benzene rings is 1. The summed E-state index contributed by atoms with van der Waals surface area (Å²) in [5, 5.41) is 3.27. The molecule has 0 bridgehead atoms. The maximum absolute atomic E-state index is 4.30. The number of nitrogens with one attached hydrogen (secondary N) is 1. The number of allylic oxidation sites excluding steroid dienone is 4. The molecule has 142 valence electrons. The second kappa shape index (κ2) is 8.27. The fraction of sp³-hybridized carbons (Fsp3) is 0.583. The summed E-state index contributed by atoms with van der Waals surface area (Å²) in [5.74, 6) is 1.23. The number of rotatable bonds is 6. The molecular formula is C24H37NSi. The molecular weight excluding hydrogens is 330 g/mol. The van der Waals surface area contributed by atoms with Gasteiger partial charge in [-0.15, -0.1) is 0 Å². The highest BCUT2D eigenvalue weighted by molar-refractivity contribution is 6.95. The highest BCUT2D eigenvalue weighted by atomic mass is 28.3. The van der Waals surface area contributed by atoms with E-state index in [2.05, 4.69) is 75.6 Å². The SMILES string of the molecule is CC(C)C1=CCC(C(C)C)=C1[Si](C)(NC1CCCCC1)c1ccccc1. The van der Waals surface area contributed by atoms with Gasteiger partial charge in [-0.1, -0.05) is 88.9 Å². The Balaban J connectivity index is 2.09. The molecule has 3 rings (SSSR count). The second-order valence-electron chi connectivity index (χ2n) is 9.04. The first-order valence-electron chi connectivity index (χ1n) is 10.7. The molecule has 0 spiro atoms. The summed E-state index contributed by atoms with van der Waals surface area (Å²) in [6.45, 7) is 12.1. The van der Waals surface area contributed by atoms with Crippen molar-refractivity contribution in [2.24, 2.45) is 11.8 Å². The molecule has 1 atom stereocenters. The van der Waals surface area contributed by atoms with E-state index >= 15 is 0 Å². The van der Waals surface area contributed by atoms with E-state index in [-0.39, 0.29) is 0 Å². The van der Waals surface area contributed by atoms with Gasteiger partial charge in [-0.2, -0.15) is 0 Å². The lowest BCUT2D eigenvalue weighted by atomic mass is 9.96. The molecule has 0 aliphatic heterocycles. The minimum atomic E-state index is -1.97. The average Bonchev–Trinajstić information content (AvgIpc) is 3.10. The van der Waals surface area contributed by atoms with Crippen LogP contribution in [-0.2, 0) is 0 Å². The molecule has 0 radical (unpaired) electrons. The maximum Gasteiger partial charge on any atom is 0.187 e. The van der Waals surface area contributed by atoms with Crippen molar-refractivity contribution in [1.29, 1.82) is 0 Å². The molecule has 1 N–H and O–H groups in total. The summed E-state index contributed by atoms with van der Waals surface area (Å²) < 4.78 is 0. The molecule has 1 unspecified atom stereocenters. The van der Waals surface area contributed by atoms with Crippen molar-refractivity contribution in [1.82, 2.24) is 4.98 Å². The Morgan fingerprint density at radius 1 is 0.923 bits per heavy atom. The summed E-state index contributed by atoms with van der Waals surface area (Å²) in [5.41, 5.74) is 3.31. The molecule has 0 aromatic heterocycles. The Morgan fingerprint density at radius 2 is 1.58 bits per heavy atom. The van der Waals surface area contributed by atoms with Crippen molar-refractivity contribution in [3.05, 3.63) is 52.8 Å². The lowest BCUT2D eigenvalue weighted by molar-refractivity contribution is 0.415. The van der Waals surface area contributed by atoms with Crippen LogP contribution in [0.25, 0.3) is 0 Å². The zero-order valence-electron chi connectivity index (χ0n) is 17.4. The van der Waals surface area contributed by atoms with Crippen LogP contribution in [-0.4, -0.2) is 14.3 Å². The van der Waals surface area contributed by atoms with E-state index in [1.807, 2.05) is 0 Å². The van der Waals surface area contributed by atoms with Crippen molar-refractivity contribution < 1.29 is 0 Å². The molecule has 1 aromatic rings. The third-order valence-corrected chi connectivity index (χ3v) is 10.5. The van der Waals surface area contributed by atoms with E-state index < -0.39 is 8.24 Å². The van der Waals surface area contributed by atoms with Crippen LogP contribution < -0.4 is 10.2 Å². The quantitative estimate of drug-likeness (QED) is 0.620. The zero-order valence-corrected chi connectivity index (χ0v) is 18.4. The van der Waals surface area contributed by atoms with E-state index in [0.717, 1.165) is 6.42 Å². The molecule has 1 nitrogen and oxygen atoms in total. The average molecular weight is 368 g/mol. The summed E-state index contributed by atoms with van der Waals surface area (Å²) in [6.07, 6.45) is 10.6. The van der Waals surface area contributed by atoms with Crippen molar-refractivity contribution in [3.63, 3.8) is 0 Å². The minimum absolute atomic E-state index is 0.602. The Hall–Kier alpha value is -1.12. The predicted octanol–water partition coefficient (Wildman–Crippen LogP) is 5.87. The first kappa shape index (κ1) is 19.6. The Morgan fingerprint density at radius 3 is 2.15 bits per heavy atom. The lowest BCUT2D eigenvalue weighted by Crippen LogP contribution is -2.63. The van der Waals surface area contributed by atoms with Gasteiger partial charge in [0.05, 0.1) is 0 Å². The largest absolute Gasteiger partial charge is 0.328 e. The van der Waals surface area contributed by atoms with Crippen molar-refractivity contribution in [2.45, 2.75) is 78.8 Å². The van der Waals surface area contributed by atoms with Gasteiger partial charge in [0.2, 0.25) is 0 Å². The van der Waals surface area contributed by atoms with Crippen LogP contribution in [0.15, 0.2) is 52.8 Å². The smallest absolute Gasteiger partial charge is 0.187 e. The van der Waals surface area contributed by atoms with Crippen LogP contribution in [0.4, 0.5) is 0 Å². The molecule has 2 aliphatic rings. The van der Waals surface area contributed by atoms with Gasteiger partial charge in [0.25, 0.3) is 0 Å². The highest BCUT2D eigenvalue weighted by Crippen LogP contribution is 2.40. The fourth-order valence-electron chi connectivity index (χ4n) is 4.99. The first-order valence-corrected chi connectivity index (χ1v) is 13.2. The molecule has 1 aromatic carbocycles. The monoisotopic (exact) mass is 367 g/mol. The maximum atomic E-state index is 4.30. The van der Waals surface area contributed by atoms with Crippen LogP contribution in [0.2, 0.25) is 6.55 Å². The third kappa shape index (κ3) is 3.92. The first-order chi connectivity index (χ1) is 12.4. The van der Waals surface area contributed by atoms with Gasteiger partial charge in [-0.3, -0.25) is 0 Å². The van der Waals surface area contributed by atoms with Crippen LogP contribution >= 0.6 is 0 Å². The molecule has 1 fully saturated rings. The summed E-state index contributed by atoms with van der Waals surface area (Å²) in [6, 6.07) is 12.1. The molecule has 1 saturated carbocycles. The van der Waals surface area contributed by atoms with Gasteiger partial charge in [0.1, 0.15) is 0 Å². The summed E-state index contributed by atoms with van der Waals surface area (Å²) in [7, 11) is -1.97. The predicted molar refractivity (Wildman–Crippen MR) is 117 cm³/mol. The van der Waals surface area contributed by atoms with Crippen LogP contribution in [0, 0.1) is 11.8 Å². The van der Waals surface area contributed by atoms with E-state index in [4.69, 9.17) is 0 Å².